The van der Waals surface area contributed by atoms with Crippen molar-refractivity contribution in [2.75, 3.05) is 18.5 Å². The van der Waals surface area contributed by atoms with Crippen LogP contribution in [0.5, 0.6) is 11.5 Å². The smallest absolute Gasteiger partial charge is 0.254 e. The van der Waals surface area contributed by atoms with E-state index < -0.39 is 0 Å². The molecule has 0 saturated carbocycles. The molecular formula is C23H22N4O3. The van der Waals surface area contributed by atoms with Crippen LogP contribution in [-0.2, 0) is 6.54 Å². The maximum absolute atomic E-state index is 12.8. The number of aromatic amines is 1. The molecule has 152 valence electrons. The van der Waals surface area contributed by atoms with Crippen LogP contribution in [-0.4, -0.2) is 28.0 Å². The van der Waals surface area contributed by atoms with Crippen LogP contribution in [0.4, 0.5) is 5.69 Å². The first-order chi connectivity index (χ1) is 14.6. The van der Waals surface area contributed by atoms with E-state index in [-0.39, 0.29) is 5.56 Å². The number of aryl methyl sites for hydroxylation is 2. The molecule has 1 aliphatic heterocycles. The SMILES string of the molecule is Cc1cc2c(cc1NCc1cc3c(C)nn(-c4ccccc4)c3[nH]c1=O)OCCO2. The van der Waals surface area contributed by atoms with Gasteiger partial charge in [0.25, 0.3) is 5.56 Å². The van der Waals surface area contributed by atoms with Crippen molar-refractivity contribution in [3.63, 3.8) is 0 Å². The second-order valence-electron chi connectivity index (χ2n) is 7.38. The van der Waals surface area contributed by atoms with E-state index in [0.717, 1.165) is 39.5 Å². The van der Waals surface area contributed by atoms with E-state index in [4.69, 9.17) is 9.47 Å². The number of hydrogen-bond donors (Lipinski definition) is 2. The Balaban J connectivity index is 1.47. The highest BCUT2D eigenvalue weighted by Crippen LogP contribution is 2.35. The highest BCUT2D eigenvalue weighted by Gasteiger charge is 2.16. The Kier molecular flexibility index (Phi) is 4.43. The maximum Gasteiger partial charge on any atom is 0.254 e. The van der Waals surface area contributed by atoms with E-state index in [2.05, 4.69) is 15.4 Å². The minimum Gasteiger partial charge on any atom is -0.486 e. The molecular weight excluding hydrogens is 380 g/mol. The average Bonchev–Trinajstić information content (AvgIpc) is 3.08. The summed E-state index contributed by atoms with van der Waals surface area (Å²) >= 11 is 0. The maximum atomic E-state index is 12.8. The van der Waals surface area contributed by atoms with Gasteiger partial charge in [-0.1, -0.05) is 18.2 Å². The van der Waals surface area contributed by atoms with E-state index in [1.54, 1.807) is 4.68 Å². The van der Waals surface area contributed by atoms with E-state index in [1.165, 1.54) is 0 Å². The Morgan fingerprint density at radius 1 is 1.07 bits per heavy atom. The molecule has 7 heteroatoms. The van der Waals surface area contributed by atoms with Crippen molar-refractivity contribution < 1.29 is 9.47 Å². The summed E-state index contributed by atoms with van der Waals surface area (Å²) in [5, 5.41) is 8.90. The lowest BCUT2D eigenvalue weighted by Crippen LogP contribution is -2.18. The lowest BCUT2D eigenvalue weighted by molar-refractivity contribution is 0.171. The van der Waals surface area contributed by atoms with E-state index in [1.807, 2.05) is 62.4 Å². The van der Waals surface area contributed by atoms with Gasteiger partial charge in [0.15, 0.2) is 11.5 Å². The molecule has 0 aliphatic carbocycles. The van der Waals surface area contributed by atoms with Gasteiger partial charge in [0.2, 0.25) is 0 Å². The molecule has 30 heavy (non-hydrogen) atoms. The Morgan fingerprint density at radius 2 is 1.80 bits per heavy atom. The lowest BCUT2D eigenvalue weighted by atomic mass is 10.1. The molecule has 3 heterocycles. The minimum atomic E-state index is -0.137. The number of fused-ring (bicyclic) bond motifs is 2. The van der Waals surface area contributed by atoms with Crippen molar-refractivity contribution in [1.82, 2.24) is 14.8 Å². The van der Waals surface area contributed by atoms with Crippen molar-refractivity contribution in [2.45, 2.75) is 20.4 Å². The van der Waals surface area contributed by atoms with Crippen LogP contribution in [0.2, 0.25) is 0 Å². The monoisotopic (exact) mass is 402 g/mol. The van der Waals surface area contributed by atoms with Gasteiger partial charge in [0, 0.05) is 29.2 Å². The quantitative estimate of drug-likeness (QED) is 0.544. The fourth-order valence-electron chi connectivity index (χ4n) is 3.72. The van der Waals surface area contributed by atoms with Crippen molar-refractivity contribution in [3.05, 3.63) is 75.7 Å². The molecule has 0 saturated heterocycles. The number of ether oxygens (including phenoxy) is 2. The predicted octanol–water partition coefficient (Wildman–Crippen LogP) is 3.71. The van der Waals surface area contributed by atoms with Gasteiger partial charge in [-0.05, 0) is 43.7 Å². The fourth-order valence-corrected chi connectivity index (χ4v) is 3.72. The number of pyridine rings is 1. The average molecular weight is 402 g/mol. The second-order valence-corrected chi connectivity index (χ2v) is 7.38. The van der Waals surface area contributed by atoms with Crippen LogP contribution in [0, 0.1) is 13.8 Å². The zero-order chi connectivity index (χ0) is 20.7. The largest absolute Gasteiger partial charge is 0.486 e. The third-order valence-electron chi connectivity index (χ3n) is 5.31. The Hall–Kier alpha value is -3.74. The van der Waals surface area contributed by atoms with E-state index >= 15 is 0 Å². The van der Waals surface area contributed by atoms with Gasteiger partial charge in [-0.3, -0.25) is 4.79 Å². The number of nitrogens with one attached hydrogen (secondary N) is 2. The zero-order valence-corrected chi connectivity index (χ0v) is 16.9. The number of hydrogen-bond acceptors (Lipinski definition) is 5. The summed E-state index contributed by atoms with van der Waals surface area (Å²) in [6.07, 6.45) is 0. The highest BCUT2D eigenvalue weighted by molar-refractivity contribution is 5.80. The Labute approximate surface area is 173 Å². The summed E-state index contributed by atoms with van der Waals surface area (Å²) in [4.78, 5) is 15.8. The number of rotatable bonds is 4. The topological polar surface area (TPSA) is 81.2 Å². The molecule has 0 bridgehead atoms. The molecule has 0 fully saturated rings. The number of H-pyrrole nitrogens is 1. The van der Waals surface area contributed by atoms with Gasteiger partial charge < -0.3 is 19.8 Å². The minimum absolute atomic E-state index is 0.137. The Morgan fingerprint density at radius 3 is 2.57 bits per heavy atom. The molecule has 4 aromatic rings. The zero-order valence-electron chi connectivity index (χ0n) is 16.9. The summed E-state index contributed by atoms with van der Waals surface area (Å²) in [6, 6.07) is 15.6. The molecule has 1 aliphatic rings. The van der Waals surface area contributed by atoms with Crippen LogP contribution in [0.15, 0.2) is 53.3 Å². The van der Waals surface area contributed by atoms with Crippen LogP contribution >= 0.6 is 0 Å². The molecule has 0 spiro atoms. The van der Waals surface area contributed by atoms with Crippen molar-refractivity contribution in [2.24, 2.45) is 0 Å². The normalized spacial score (nSPS) is 12.9. The van der Waals surface area contributed by atoms with Gasteiger partial charge in [-0.15, -0.1) is 0 Å². The van der Waals surface area contributed by atoms with Gasteiger partial charge in [-0.25, -0.2) is 4.68 Å². The second kappa shape index (κ2) is 7.26. The van der Waals surface area contributed by atoms with Crippen LogP contribution in [0.3, 0.4) is 0 Å². The van der Waals surface area contributed by atoms with Gasteiger partial charge in [0.1, 0.15) is 18.9 Å². The van der Waals surface area contributed by atoms with Crippen LogP contribution in [0.1, 0.15) is 16.8 Å². The fraction of sp³-hybridized carbons (Fsp3) is 0.217. The van der Waals surface area contributed by atoms with Crippen molar-refractivity contribution in [1.29, 1.82) is 0 Å². The first-order valence-electron chi connectivity index (χ1n) is 9.91. The molecule has 2 aromatic carbocycles. The number of benzene rings is 2. The summed E-state index contributed by atoms with van der Waals surface area (Å²) in [6.45, 7) is 5.44. The van der Waals surface area contributed by atoms with E-state index in [9.17, 15) is 4.79 Å². The first kappa shape index (κ1) is 18.3. The molecule has 2 aromatic heterocycles. The third kappa shape index (κ3) is 3.18. The molecule has 0 radical (unpaired) electrons. The van der Waals surface area contributed by atoms with Crippen molar-refractivity contribution in [3.8, 4) is 17.2 Å². The molecule has 0 unspecified atom stereocenters. The van der Waals surface area contributed by atoms with Gasteiger partial charge >= 0.3 is 0 Å². The molecule has 2 N–H and O–H groups in total. The molecule has 0 amide bonds. The number of para-hydroxylation sites is 1. The highest BCUT2D eigenvalue weighted by atomic mass is 16.6. The van der Waals surface area contributed by atoms with Crippen molar-refractivity contribution >= 4 is 16.7 Å². The third-order valence-corrected chi connectivity index (χ3v) is 5.31. The lowest BCUT2D eigenvalue weighted by Gasteiger charge is -2.20. The van der Waals surface area contributed by atoms with E-state index in [0.29, 0.717) is 31.0 Å². The summed E-state index contributed by atoms with van der Waals surface area (Å²) in [5.41, 5.74) is 4.92. The number of nitrogens with zero attached hydrogens (tertiary/aromatic N) is 2. The molecule has 5 rings (SSSR count). The summed E-state index contributed by atoms with van der Waals surface area (Å²) in [7, 11) is 0. The Bertz CT molecular complexity index is 1290. The van der Waals surface area contributed by atoms with Crippen LogP contribution in [0.25, 0.3) is 16.7 Å². The number of anilines is 1. The number of aromatic nitrogens is 3. The van der Waals surface area contributed by atoms with Gasteiger partial charge in [-0.2, -0.15) is 5.10 Å². The predicted molar refractivity (Wildman–Crippen MR) is 116 cm³/mol. The standard InChI is InChI=1S/C23H22N4O3/c1-14-10-20-21(30-9-8-29-20)12-19(14)24-13-16-11-18-15(2)26-27(22(18)25-23(16)28)17-6-4-3-5-7-17/h3-7,10-12,24H,8-9,13H2,1-2H3,(H,25,28). The summed E-state index contributed by atoms with van der Waals surface area (Å²) < 4.78 is 13.1. The summed E-state index contributed by atoms with van der Waals surface area (Å²) in [5.74, 6) is 1.48. The molecule has 0 atom stereocenters. The molecule has 7 nitrogen and oxygen atoms in total. The van der Waals surface area contributed by atoms with Gasteiger partial charge in [0.05, 0.1) is 11.4 Å². The van der Waals surface area contributed by atoms with Crippen LogP contribution < -0.4 is 20.3 Å². The first-order valence-corrected chi connectivity index (χ1v) is 9.91.